The molecule has 2 N–H and O–H groups in total. The van der Waals surface area contributed by atoms with E-state index in [0.29, 0.717) is 34.7 Å². The molecule has 0 saturated carbocycles. The molecule has 0 bridgehead atoms. The second kappa shape index (κ2) is 7.64. The van der Waals surface area contributed by atoms with Crippen molar-refractivity contribution in [3.8, 4) is 5.69 Å². The van der Waals surface area contributed by atoms with Crippen molar-refractivity contribution in [1.29, 1.82) is 0 Å². The highest BCUT2D eigenvalue weighted by Crippen LogP contribution is 2.23. The first-order valence-corrected chi connectivity index (χ1v) is 10.3. The van der Waals surface area contributed by atoms with Gasteiger partial charge in [-0.2, -0.15) is 9.78 Å². The Morgan fingerprint density at radius 3 is 2.77 bits per heavy atom. The number of hydrogen-bond donors (Lipinski definition) is 2. The van der Waals surface area contributed by atoms with Gasteiger partial charge in [-0.25, -0.2) is 4.79 Å². The zero-order valence-corrected chi connectivity index (χ0v) is 16.9. The lowest BCUT2D eigenvalue weighted by molar-refractivity contribution is -0.671. The Kier molecular flexibility index (Phi) is 4.68. The summed E-state index contributed by atoms with van der Waals surface area (Å²) in [5, 5.41) is 19.8. The maximum absolute atomic E-state index is 12.5. The number of aryl methyl sites for hydroxylation is 1. The maximum Gasteiger partial charge on any atom is 0.437 e. The van der Waals surface area contributed by atoms with Crippen LogP contribution in [-0.4, -0.2) is 31.6 Å². The normalized spacial score (nSPS) is 13.0. The highest BCUT2D eigenvalue weighted by Gasteiger charge is 2.32. The van der Waals surface area contributed by atoms with E-state index >= 15 is 0 Å². The van der Waals surface area contributed by atoms with Gasteiger partial charge >= 0.3 is 11.3 Å². The Hall–Kier alpha value is -3.66. The minimum absolute atomic E-state index is 0.354. The van der Waals surface area contributed by atoms with Crippen LogP contribution < -0.4 is 15.6 Å². The zero-order valence-electron chi connectivity index (χ0n) is 16.1. The number of H-pyrrole nitrogens is 1. The van der Waals surface area contributed by atoms with Crippen molar-refractivity contribution < 1.29 is 9.20 Å². The number of thioether (sulfide) groups is 1. The Labute approximate surface area is 175 Å². The molecule has 1 aliphatic rings. The standard InChI is InChI=1S/C20H17N7O2S/c1-13-7-9-15(10-8-13)26-18(19(28)29-25-26)16-12-30-20-23-22-17(27(20)24-16)11-21-14-5-3-2-4-6-14/h2-10,21H,11-12H2,1H3/p+1. The van der Waals surface area contributed by atoms with Crippen LogP contribution in [0.25, 0.3) is 5.69 Å². The van der Waals surface area contributed by atoms with Crippen molar-refractivity contribution in [2.45, 2.75) is 18.6 Å². The Balaban J connectivity index is 1.49. The van der Waals surface area contributed by atoms with E-state index in [2.05, 4.69) is 25.9 Å². The molecule has 0 saturated heterocycles. The number of anilines is 1. The topological polar surface area (TPSA) is 105 Å². The van der Waals surface area contributed by atoms with Crippen LogP contribution in [0.4, 0.5) is 5.69 Å². The molecule has 0 aliphatic carbocycles. The first kappa shape index (κ1) is 18.4. The molecule has 2 aromatic heterocycles. The predicted molar refractivity (Wildman–Crippen MR) is 112 cm³/mol. The van der Waals surface area contributed by atoms with Crippen LogP contribution in [-0.2, 0) is 6.54 Å². The lowest BCUT2D eigenvalue weighted by Gasteiger charge is -2.11. The molecule has 2 aromatic carbocycles. The molecule has 10 heteroatoms. The molecular weight excluding hydrogens is 402 g/mol. The number of nitrogens with one attached hydrogen (secondary N) is 2. The lowest BCUT2D eigenvalue weighted by Crippen LogP contribution is -2.42. The monoisotopic (exact) mass is 420 g/mol. The molecule has 0 spiro atoms. The number of hydrogen-bond acceptors (Lipinski definition) is 7. The average molecular weight is 420 g/mol. The molecule has 0 fully saturated rings. The van der Waals surface area contributed by atoms with Crippen molar-refractivity contribution in [3.05, 3.63) is 82.1 Å². The summed E-state index contributed by atoms with van der Waals surface area (Å²) in [7, 11) is 0. The molecule has 0 atom stereocenters. The fourth-order valence-electron chi connectivity index (χ4n) is 3.13. The molecule has 4 aromatic rings. The highest BCUT2D eigenvalue weighted by molar-refractivity contribution is 7.99. The van der Waals surface area contributed by atoms with Crippen LogP contribution in [0.3, 0.4) is 0 Å². The Morgan fingerprint density at radius 1 is 1.17 bits per heavy atom. The largest absolute Gasteiger partial charge is 0.437 e. The van der Waals surface area contributed by atoms with Gasteiger partial charge in [0, 0.05) is 17.8 Å². The number of benzene rings is 2. The van der Waals surface area contributed by atoms with Gasteiger partial charge in [0.25, 0.3) is 0 Å². The van der Waals surface area contributed by atoms with Crippen LogP contribution in [0.15, 0.2) is 74.2 Å². The van der Waals surface area contributed by atoms with Gasteiger partial charge < -0.3 is 5.32 Å². The molecule has 0 unspecified atom stereocenters. The number of rotatable bonds is 5. The second-order valence-corrected chi connectivity index (χ2v) is 7.71. The van der Waals surface area contributed by atoms with Crippen LogP contribution in [0.5, 0.6) is 0 Å². The molecule has 30 heavy (non-hydrogen) atoms. The first-order valence-electron chi connectivity index (χ1n) is 9.34. The van der Waals surface area contributed by atoms with Gasteiger partial charge in [-0.1, -0.05) is 47.7 Å². The Morgan fingerprint density at radius 2 is 1.97 bits per heavy atom. The summed E-state index contributed by atoms with van der Waals surface area (Å²) in [6.07, 6.45) is 0. The molecule has 0 amide bonds. The fourth-order valence-corrected chi connectivity index (χ4v) is 3.95. The molecule has 0 radical (unpaired) electrons. The van der Waals surface area contributed by atoms with E-state index in [-0.39, 0.29) is 0 Å². The van der Waals surface area contributed by atoms with Gasteiger partial charge in [-0.3, -0.25) is 4.52 Å². The van der Waals surface area contributed by atoms with Gasteiger partial charge in [0.1, 0.15) is 0 Å². The minimum atomic E-state index is -0.476. The van der Waals surface area contributed by atoms with E-state index in [1.54, 1.807) is 9.36 Å². The first-order chi connectivity index (χ1) is 14.7. The number of aromatic nitrogens is 5. The van der Waals surface area contributed by atoms with Crippen LogP contribution in [0.2, 0.25) is 0 Å². The van der Waals surface area contributed by atoms with Crippen LogP contribution >= 0.6 is 11.8 Å². The third-order valence-electron chi connectivity index (χ3n) is 4.67. The van der Waals surface area contributed by atoms with E-state index in [1.807, 2.05) is 61.5 Å². The smallest absolute Gasteiger partial charge is 0.378 e. The lowest BCUT2D eigenvalue weighted by atomic mass is 10.2. The summed E-state index contributed by atoms with van der Waals surface area (Å²) in [5.74, 6) is 1.14. The SMILES string of the molecule is Cc1ccc(-[n+]2[nH]oc(=O)c2C2=Nn3c(CNc4ccccc4)nnc3SC2)cc1. The molecule has 9 nitrogen and oxygen atoms in total. The molecular formula is C20H18N7O2S+. The molecule has 150 valence electrons. The summed E-state index contributed by atoms with van der Waals surface area (Å²) in [5.41, 5.74) is 3.36. The molecule has 3 heterocycles. The van der Waals surface area contributed by atoms with E-state index in [9.17, 15) is 4.79 Å². The summed E-state index contributed by atoms with van der Waals surface area (Å²) >= 11 is 1.48. The van der Waals surface area contributed by atoms with Crippen molar-refractivity contribution in [1.82, 2.24) is 20.1 Å². The quantitative estimate of drug-likeness (QED) is 0.479. The summed E-state index contributed by atoms with van der Waals surface area (Å²) in [4.78, 5) is 12.5. The highest BCUT2D eigenvalue weighted by atomic mass is 32.2. The zero-order chi connectivity index (χ0) is 20.5. The van der Waals surface area contributed by atoms with E-state index < -0.39 is 5.63 Å². The summed E-state index contributed by atoms with van der Waals surface area (Å²) < 4.78 is 8.36. The third kappa shape index (κ3) is 3.41. The third-order valence-corrected chi connectivity index (χ3v) is 5.60. The second-order valence-electron chi connectivity index (χ2n) is 6.77. The van der Waals surface area contributed by atoms with Crippen molar-refractivity contribution in [3.63, 3.8) is 0 Å². The van der Waals surface area contributed by atoms with E-state index in [0.717, 1.165) is 16.9 Å². The summed E-state index contributed by atoms with van der Waals surface area (Å²) in [6.45, 7) is 2.46. The maximum atomic E-state index is 12.5. The van der Waals surface area contributed by atoms with Gasteiger partial charge in [0.15, 0.2) is 11.5 Å². The molecule has 5 rings (SSSR count). The van der Waals surface area contributed by atoms with E-state index in [1.165, 1.54) is 11.8 Å². The van der Waals surface area contributed by atoms with Crippen molar-refractivity contribution in [2.75, 3.05) is 11.1 Å². The van der Waals surface area contributed by atoms with Gasteiger partial charge in [0.2, 0.25) is 10.8 Å². The van der Waals surface area contributed by atoms with Crippen molar-refractivity contribution >= 4 is 23.2 Å². The van der Waals surface area contributed by atoms with Gasteiger partial charge in [-0.05, 0) is 29.0 Å². The number of fused-ring (bicyclic) bond motifs is 1. The summed E-state index contributed by atoms with van der Waals surface area (Å²) in [6, 6.07) is 17.6. The number of nitrogens with zero attached hydrogens (tertiary/aromatic N) is 5. The fraction of sp³-hybridized carbons (Fsp3) is 0.150. The van der Waals surface area contributed by atoms with Crippen LogP contribution in [0.1, 0.15) is 17.1 Å². The number of para-hydroxylation sites is 1. The van der Waals surface area contributed by atoms with Crippen LogP contribution in [0, 0.1) is 6.92 Å². The van der Waals surface area contributed by atoms with Gasteiger partial charge in [0.05, 0.1) is 12.3 Å². The van der Waals surface area contributed by atoms with Gasteiger partial charge in [-0.15, -0.1) is 10.2 Å². The molecule has 1 aliphatic heterocycles. The Bertz CT molecular complexity index is 1270. The van der Waals surface area contributed by atoms with Crippen molar-refractivity contribution in [2.24, 2.45) is 5.10 Å². The minimum Gasteiger partial charge on any atom is -0.378 e. The van der Waals surface area contributed by atoms with E-state index in [4.69, 9.17) is 4.52 Å². The average Bonchev–Trinajstić information content (AvgIpc) is 3.36. The number of aromatic amines is 1. The predicted octanol–water partition coefficient (Wildman–Crippen LogP) is 2.11.